The van der Waals surface area contributed by atoms with E-state index in [9.17, 15) is 19.2 Å². The van der Waals surface area contributed by atoms with E-state index >= 15 is 0 Å². The van der Waals surface area contributed by atoms with Crippen molar-refractivity contribution >= 4 is 24.0 Å². The summed E-state index contributed by atoms with van der Waals surface area (Å²) in [4.78, 5) is 47.6. The van der Waals surface area contributed by atoms with Crippen LogP contribution in [0.5, 0.6) is 0 Å². The van der Waals surface area contributed by atoms with Crippen LogP contribution in [-0.4, -0.2) is 61.4 Å². The van der Waals surface area contributed by atoms with Crippen molar-refractivity contribution in [2.75, 3.05) is 13.2 Å². The molecule has 0 fully saturated rings. The van der Waals surface area contributed by atoms with E-state index in [4.69, 9.17) is 9.47 Å². The van der Waals surface area contributed by atoms with Crippen molar-refractivity contribution < 1.29 is 28.7 Å². The van der Waals surface area contributed by atoms with E-state index < -0.39 is 11.9 Å². The summed E-state index contributed by atoms with van der Waals surface area (Å²) in [5.41, 5.74) is 0. The van der Waals surface area contributed by atoms with Gasteiger partial charge in [-0.15, -0.1) is 0 Å². The summed E-state index contributed by atoms with van der Waals surface area (Å²) in [7, 11) is 0. The van der Waals surface area contributed by atoms with Crippen LogP contribution in [0.1, 0.15) is 55.4 Å². The first-order valence-corrected chi connectivity index (χ1v) is 11.0. The second-order valence-electron chi connectivity index (χ2n) is 8.84. The van der Waals surface area contributed by atoms with E-state index in [1.54, 1.807) is 0 Å². The van der Waals surface area contributed by atoms with Crippen LogP contribution < -0.4 is 21.3 Å². The van der Waals surface area contributed by atoms with Gasteiger partial charge in [0.25, 0.3) is 0 Å². The first-order chi connectivity index (χ1) is 14.8. The molecule has 0 saturated heterocycles. The maximum Gasteiger partial charge on any atom is 0.331 e. The molecule has 0 aliphatic rings. The third-order valence-electron chi connectivity index (χ3n) is 4.25. The Bertz CT molecular complexity index is 592. The van der Waals surface area contributed by atoms with Gasteiger partial charge in [-0.2, -0.15) is 0 Å². The Kier molecular flexibility index (Phi) is 13.8. The molecule has 0 aromatic carbocycles. The molecule has 0 heterocycles. The molecule has 0 spiro atoms. The molecular formula is C22H40N4O6. The second-order valence-corrected chi connectivity index (χ2v) is 8.84. The fraction of sp³-hybridized carbons (Fsp3) is 0.727. The Morgan fingerprint density at radius 2 is 0.906 bits per heavy atom. The Morgan fingerprint density at radius 1 is 0.594 bits per heavy atom. The maximum absolute atomic E-state index is 11.9. The van der Waals surface area contributed by atoms with Gasteiger partial charge in [-0.25, -0.2) is 19.2 Å². The van der Waals surface area contributed by atoms with Crippen molar-refractivity contribution in [1.82, 2.24) is 21.3 Å². The fourth-order valence-corrected chi connectivity index (χ4v) is 2.32. The summed E-state index contributed by atoms with van der Waals surface area (Å²) in [6.07, 6.45) is 1.94. The molecule has 184 valence electrons. The summed E-state index contributed by atoms with van der Waals surface area (Å²) in [5, 5.41) is 10.9. The standard InChI is InChI=1S/C22H40N4O6/c1-13(2)17(25-21(29)23-15(5)6)11-31-19(27)9-10-20(28)32-12-18(14(3)4)26-22(30)24-16(7)8/h9-10,13-18H,11-12H2,1-8H3,(H2,23,25,29)(H2,24,26,30)/b10-9+/t17-,18-/m0/s1. The molecule has 0 aliphatic heterocycles. The first-order valence-electron chi connectivity index (χ1n) is 11.0. The van der Waals surface area contributed by atoms with Crippen LogP contribution in [0.15, 0.2) is 12.2 Å². The third-order valence-corrected chi connectivity index (χ3v) is 4.25. The van der Waals surface area contributed by atoms with Gasteiger partial charge in [-0.1, -0.05) is 27.7 Å². The molecule has 4 amide bonds. The summed E-state index contributed by atoms with van der Waals surface area (Å²) >= 11 is 0. The predicted octanol–water partition coefficient (Wildman–Crippen LogP) is 2.09. The monoisotopic (exact) mass is 456 g/mol. The first kappa shape index (κ1) is 29.2. The molecule has 2 atom stereocenters. The zero-order valence-corrected chi connectivity index (χ0v) is 20.5. The molecule has 0 aliphatic carbocycles. The lowest BCUT2D eigenvalue weighted by molar-refractivity contribution is -0.141. The van der Waals surface area contributed by atoms with Crippen molar-refractivity contribution in [2.24, 2.45) is 11.8 Å². The second kappa shape index (κ2) is 15.1. The molecule has 0 aromatic heterocycles. The minimum Gasteiger partial charge on any atom is -0.460 e. The SMILES string of the molecule is CC(C)NC(=O)N[C@@H](COC(=O)/C=C/C(=O)OC[C@H](NC(=O)NC(C)C)C(C)C)C(C)C. The normalized spacial score (nSPS) is 13.2. The number of ether oxygens (including phenoxy) is 2. The van der Waals surface area contributed by atoms with Crippen molar-refractivity contribution in [3.05, 3.63) is 12.2 Å². The number of rotatable bonds is 12. The largest absolute Gasteiger partial charge is 0.460 e. The molecule has 10 heteroatoms. The number of nitrogens with one attached hydrogen (secondary N) is 4. The summed E-state index contributed by atoms with van der Waals surface area (Å²) in [6.45, 7) is 14.9. The molecular weight excluding hydrogens is 416 g/mol. The van der Waals surface area contributed by atoms with Crippen molar-refractivity contribution in [3.63, 3.8) is 0 Å². The van der Waals surface area contributed by atoms with E-state index in [0.29, 0.717) is 0 Å². The highest BCUT2D eigenvalue weighted by atomic mass is 16.5. The summed E-state index contributed by atoms with van der Waals surface area (Å²) in [5.74, 6) is -1.40. The van der Waals surface area contributed by atoms with Crippen molar-refractivity contribution in [2.45, 2.75) is 79.6 Å². The quantitative estimate of drug-likeness (QED) is 0.262. The van der Waals surface area contributed by atoms with Crippen LogP contribution in [0.4, 0.5) is 9.59 Å². The average Bonchev–Trinajstić information content (AvgIpc) is 2.64. The van der Waals surface area contributed by atoms with E-state index in [0.717, 1.165) is 12.2 Å². The predicted molar refractivity (Wildman–Crippen MR) is 122 cm³/mol. The third kappa shape index (κ3) is 14.3. The molecule has 0 aromatic rings. The number of hydrogen-bond donors (Lipinski definition) is 4. The average molecular weight is 457 g/mol. The molecule has 4 N–H and O–H groups in total. The Labute approximate surface area is 191 Å². The van der Waals surface area contributed by atoms with Gasteiger partial charge in [0, 0.05) is 24.2 Å². The number of esters is 2. The van der Waals surface area contributed by atoms with E-state index in [1.165, 1.54) is 0 Å². The highest BCUT2D eigenvalue weighted by molar-refractivity contribution is 5.91. The molecule has 0 bridgehead atoms. The van der Waals surface area contributed by atoms with Gasteiger partial charge >= 0.3 is 24.0 Å². The molecule has 0 rings (SSSR count). The van der Waals surface area contributed by atoms with Gasteiger partial charge in [-0.3, -0.25) is 0 Å². The van der Waals surface area contributed by atoms with E-state index in [-0.39, 0.29) is 61.3 Å². The van der Waals surface area contributed by atoms with Crippen LogP contribution in [0, 0.1) is 11.8 Å². The smallest absolute Gasteiger partial charge is 0.331 e. The van der Waals surface area contributed by atoms with Gasteiger partial charge in [0.2, 0.25) is 0 Å². The lowest BCUT2D eigenvalue weighted by Gasteiger charge is -2.23. The summed E-state index contributed by atoms with van der Waals surface area (Å²) < 4.78 is 10.3. The number of amides is 4. The van der Waals surface area contributed by atoms with Crippen molar-refractivity contribution in [1.29, 1.82) is 0 Å². The molecule has 0 unspecified atom stereocenters. The van der Waals surface area contributed by atoms with Gasteiger partial charge < -0.3 is 30.7 Å². The van der Waals surface area contributed by atoms with Crippen LogP contribution in [-0.2, 0) is 19.1 Å². The zero-order chi connectivity index (χ0) is 24.8. The van der Waals surface area contributed by atoms with Crippen LogP contribution in [0.2, 0.25) is 0 Å². The Hall–Kier alpha value is -2.78. The van der Waals surface area contributed by atoms with E-state index in [1.807, 2.05) is 55.4 Å². The number of carbonyl (C=O) groups excluding carboxylic acids is 4. The fourth-order valence-electron chi connectivity index (χ4n) is 2.32. The highest BCUT2D eigenvalue weighted by Gasteiger charge is 2.20. The van der Waals surface area contributed by atoms with Crippen molar-refractivity contribution in [3.8, 4) is 0 Å². The molecule has 32 heavy (non-hydrogen) atoms. The lowest BCUT2D eigenvalue weighted by Crippen LogP contribution is -2.48. The minimum absolute atomic E-state index is 0.0191. The molecule has 0 saturated carbocycles. The van der Waals surface area contributed by atoms with Crippen LogP contribution >= 0.6 is 0 Å². The maximum atomic E-state index is 11.9. The van der Waals surface area contributed by atoms with Gasteiger partial charge in [0.1, 0.15) is 13.2 Å². The van der Waals surface area contributed by atoms with Gasteiger partial charge in [0.15, 0.2) is 0 Å². The van der Waals surface area contributed by atoms with E-state index in [2.05, 4.69) is 21.3 Å². The van der Waals surface area contributed by atoms with Crippen LogP contribution in [0.25, 0.3) is 0 Å². The molecule has 0 radical (unpaired) electrons. The number of carbonyl (C=O) groups is 4. The minimum atomic E-state index is -0.728. The summed E-state index contributed by atoms with van der Waals surface area (Å²) in [6, 6.07) is -1.49. The zero-order valence-electron chi connectivity index (χ0n) is 20.5. The Balaban J connectivity index is 4.55. The van der Waals surface area contributed by atoms with Gasteiger partial charge in [-0.05, 0) is 39.5 Å². The van der Waals surface area contributed by atoms with Gasteiger partial charge in [0.05, 0.1) is 12.1 Å². The molecule has 10 nitrogen and oxygen atoms in total. The topological polar surface area (TPSA) is 135 Å². The van der Waals surface area contributed by atoms with Crippen LogP contribution in [0.3, 0.4) is 0 Å². The lowest BCUT2D eigenvalue weighted by atomic mass is 10.1. The Morgan fingerprint density at radius 3 is 1.16 bits per heavy atom. The number of urea groups is 2. The highest BCUT2D eigenvalue weighted by Crippen LogP contribution is 2.04. The number of hydrogen-bond acceptors (Lipinski definition) is 6.